The minimum Gasteiger partial charge on any atom is -0.550 e. The second-order valence-corrected chi connectivity index (χ2v) is 20.4. The van der Waals surface area contributed by atoms with Gasteiger partial charge in [-0.25, -0.2) is 13.7 Å². The number of carboxylic acid groups (broad SMARTS) is 3. The van der Waals surface area contributed by atoms with Crippen molar-refractivity contribution in [3.63, 3.8) is 0 Å². The molecule has 0 unspecified atom stereocenters. The summed E-state index contributed by atoms with van der Waals surface area (Å²) >= 11 is 0. The van der Waals surface area contributed by atoms with Gasteiger partial charge in [0, 0.05) is 80.4 Å². The molecule has 0 saturated heterocycles. The number of hydrogen-bond donors (Lipinski definition) is 1. The van der Waals surface area contributed by atoms with Crippen LogP contribution in [-0.4, -0.2) is 28.6 Å². The molecule has 3 aromatic heterocycles. The molecule has 416 valence electrons. The summed E-state index contributed by atoms with van der Waals surface area (Å²) in [5, 5.41) is 38.9. The van der Waals surface area contributed by atoms with Gasteiger partial charge in [0.05, 0.1) is 5.97 Å². The minimum absolute atomic E-state index is 1.18. The van der Waals surface area contributed by atoms with E-state index in [1.54, 1.807) is 0 Å². The lowest BCUT2D eigenvalue weighted by atomic mass is 9.96. The molecule has 10 heteroatoms. The number of aliphatic carboxylic acids is 3. The summed E-state index contributed by atoms with van der Waals surface area (Å²) in [5.74, 6) is -5.98. The minimum atomic E-state index is -2.97. The Labute approximate surface area is 446 Å². The van der Waals surface area contributed by atoms with E-state index in [0.29, 0.717) is 0 Å². The first-order valence-corrected chi connectivity index (χ1v) is 29.7. The van der Waals surface area contributed by atoms with Crippen molar-refractivity contribution >= 4 is 17.9 Å². The number of aromatic nitrogens is 3. The van der Waals surface area contributed by atoms with E-state index in [-0.39, 0.29) is 0 Å². The Morgan fingerprint density at radius 1 is 0.315 bits per heavy atom. The van der Waals surface area contributed by atoms with Crippen LogP contribution in [0.1, 0.15) is 265 Å². The quantitative estimate of drug-likeness (QED) is 0.0437. The fourth-order valence-electron chi connectivity index (χ4n) is 8.84. The highest BCUT2D eigenvalue weighted by molar-refractivity contribution is 5.86. The van der Waals surface area contributed by atoms with E-state index < -0.39 is 36.4 Å². The van der Waals surface area contributed by atoms with Crippen LogP contribution in [0.2, 0.25) is 0 Å². The van der Waals surface area contributed by atoms with Crippen LogP contribution < -0.4 is 29.0 Å². The van der Waals surface area contributed by atoms with Gasteiger partial charge in [-0.2, -0.15) is 0 Å². The summed E-state index contributed by atoms with van der Waals surface area (Å²) in [4.78, 5) is 30.0. The van der Waals surface area contributed by atoms with Gasteiger partial charge in [0.15, 0.2) is 37.2 Å². The third-order valence-corrected chi connectivity index (χ3v) is 13.4. The molecule has 1 N–H and O–H groups in total. The van der Waals surface area contributed by atoms with Crippen LogP contribution in [0.15, 0.2) is 91.8 Å². The SMILES string of the molecule is CCCCCCCCCCCCCC[n+]1ccccc1.CCCCCCCCCCCCCC[n+]1ccccc1.CCCCCCCCCCCCCC[n+]1ccccc1.O=C([O-])CC(O)(CC(=O)[O-])C(=O)[O-]. The zero-order valence-electron chi connectivity index (χ0n) is 46.9. The lowest BCUT2D eigenvalue weighted by Gasteiger charge is -2.29. The van der Waals surface area contributed by atoms with Crippen LogP contribution in [0.3, 0.4) is 0 Å². The van der Waals surface area contributed by atoms with Gasteiger partial charge in [-0.3, -0.25) is 0 Å². The third-order valence-electron chi connectivity index (χ3n) is 13.4. The lowest BCUT2D eigenvalue weighted by Crippen LogP contribution is -2.54. The molecule has 3 aromatic rings. The maximum atomic E-state index is 10.1. The molecule has 0 aromatic carbocycles. The number of pyridine rings is 3. The first kappa shape index (κ1) is 68.8. The number of carboxylic acids is 3. The van der Waals surface area contributed by atoms with E-state index in [9.17, 15) is 29.7 Å². The van der Waals surface area contributed by atoms with E-state index in [1.807, 2.05) is 0 Å². The van der Waals surface area contributed by atoms with Crippen LogP contribution in [0.25, 0.3) is 0 Å². The normalized spacial score (nSPS) is 10.8. The topological polar surface area (TPSA) is 152 Å². The highest BCUT2D eigenvalue weighted by Gasteiger charge is 2.29. The fourth-order valence-corrected chi connectivity index (χ4v) is 8.84. The predicted molar refractivity (Wildman–Crippen MR) is 292 cm³/mol. The number of aliphatic hydroxyl groups is 1. The maximum Gasteiger partial charge on any atom is 0.168 e. The summed E-state index contributed by atoms with van der Waals surface area (Å²) in [5.41, 5.74) is -2.97. The Balaban J connectivity index is 0.000000959. The van der Waals surface area contributed by atoms with Crippen LogP contribution in [0.4, 0.5) is 0 Å². The van der Waals surface area contributed by atoms with Gasteiger partial charge in [0.25, 0.3) is 0 Å². The number of nitrogens with zero attached hydrogens (tertiary/aromatic N) is 3. The standard InChI is InChI=1S/3C19H34N.C6H8O7/c3*1-2-3-4-5-6-7-8-9-10-11-12-14-17-20-18-15-13-16-19-20;7-3(8)1-6(13,5(11)12)2-4(9)10/h3*13,15-16,18-19H,2-12,14,17H2,1H3;13H,1-2H2,(H,7,8)(H,9,10)(H,11,12)/q3*+1;/p-3. The summed E-state index contributed by atoms with van der Waals surface area (Å²) in [6.45, 7) is 10.4. The number of rotatable bonds is 44. The number of aryl methyl sites for hydroxylation is 3. The Morgan fingerprint density at radius 2 is 0.493 bits per heavy atom. The second-order valence-electron chi connectivity index (χ2n) is 20.4. The molecule has 0 radical (unpaired) electrons. The zero-order valence-corrected chi connectivity index (χ0v) is 46.9. The first-order chi connectivity index (χ1) is 35.6. The third kappa shape index (κ3) is 48.5. The zero-order chi connectivity index (χ0) is 53.6. The van der Waals surface area contributed by atoms with Crippen molar-refractivity contribution in [2.24, 2.45) is 0 Å². The van der Waals surface area contributed by atoms with Gasteiger partial charge < -0.3 is 34.8 Å². The second kappa shape index (κ2) is 52.7. The van der Waals surface area contributed by atoms with Crippen LogP contribution in [0, 0.1) is 0 Å². The van der Waals surface area contributed by atoms with Crippen molar-refractivity contribution in [3.8, 4) is 0 Å². The molecule has 0 aliphatic heterocycles. The van der Waals surface area contributed by atoms with Crippen molar-refractivity contribution in [2.75, 3.05) is 0 Å². The molecular weight excluding hydrogens is 911 g/mol. The Hall–Kier alpha value is -4.18. The molecule has 0 atom stereocenters. The number of carbonyl (C=O) groups excluding carboxylic acids is 3. The molecule has 0 spiro atoms. The van der Waals surface area contributed by atoms with Crippen LogP contribution >= 0.6 is 0 Å². The van der Waals surface area contributed by atoms with Gasteiger partial charge in [0.1, 0.15) is 25.2 Å². The Bertz CT molecular complexity index is 1460. The summed E-state index contributed by atoms with van der Waals surface area (Å²) in [6.07, 6.45) is 61.6. The Morgan fingerprint density at radius 3 is 0.658 bits per heavy atom. The summed E-state index contributed by atoms with van der Waals surface area (Å²) < 4.78 is 6.86. The first-order valence-electron chi connectivity index (χ1n) is 29.7. The highest BCUT2D eigenvalue weighted by Crippen LogP contribution is 2.15. The van der Waals surface area contributed by atoms with Gasteiger partial charge >= 0.3 is 0 Å². The van der Waals surface area contributed by atoms with Gasteiger partial charge in [-0.15, -0.1) is 0 Å². The van der Waals surface area contributed by atoms with Crippen molar-refractivity contribution in [3.05, 3.63) is 91.8 Å². The molecule has 10 nitrogen and oxygen atoms in total. The van der Waals surface area contributed by atoms with E-state index in [0.717, 1.165) is 0 Å². The van der Waals surface area contributed by atoms with E-state index in [1.165, 1.54) is 251 Å². The van der Waals surface area contributed by atoms with Gasteiger partial charge in [-0.05, 0) is 19.3 Å². The van der Waals surface area contributed by atoms with Crippen LogP contribution in [0.5, 0.6) is 0 Å². The molecule has 0 aliphatic rings. The molecule has 73 heavy (non-hydrogen) atoms. The van der Waals surface area contributed by atoms with Crippen molar-refractivity contribution < 1.29 is 48.5 Å². The highest BCUT2D eigenvalue weighted by atomic mass is 16.4. The smallest absolute Gasteiger partial charge is 0.168 e. The van der Waals surface area contributed by atoms with E-state index in [2.05, 4.69) is 126 Å². The van der Waals surface area contributed by atoms with Crippen molar-refractivity contribution in [1.29, 1.82) is 0 Å². The molecule has 0 amide bonds. The molecule has 0 fully saturated rings. The van der Waals surface area contributed by atoms with E-state index >= 15 is 0 Å². The average molecular weight is 1020 g/mol. The maximum absolute atomic E-state index is 10.1. The number of hydrogen-bond acceptors (Lipinski definition) is 7. The molecule has 3 rings (SSSR count). The largest absolute Gasteiger partial charge is 0.550 e. The average Bonchev–Trinajstić information content (AvgIpc) is 3.38. The molecule has 0 saturated carbocycles. The summed E-state index contributed by atoms with van der Waals surface area (Å²) in [6, 6.07) is 18.9. The lowest BCUT2D eigenvalue weighted by molar-refractivity contribution is -0.697. The fraction of sp³-hybridized carbons (Fsp3) is 0.714. The van der Waals surface area contributed by atoms with Crippen molar-refractivity contribution in [2.45, 2.75) is 290 Å². The number of carbonyl (C=O) groups is 3. The summed E-state index contributed by atoms with van der Waals surface area (Å²) in [7, 11) is 0. The molecule has 0 aliphatic carbocycles. The van der Waals surface area contributed by atoms with Gasteiger partial charge in [0.2, 0.25) is 0 Å². The molecule has 0 bridgehead atoms. The number of unbranched alkanes of at least 4 members (excludes halogenated alkanes) is 33. The van der Waals surface area contributed by atoms with Crippen molar-refractivity contribution in [1.82, 2.24) is 0 Å². The molecule has 3 heterocycles. The predicted octanol–water partition coefficient (Wildman–Crippen LogP) is 11.8. The van der Waals surface area contributed by atoms with E-state index in [4.69, 9.17) is 5.11 Å². The van der Waals surface area contributed by atoms with Gasteiger partial charge in [-0.1, -0.05) is 232 Å². The van der Waals surface area contributed by atoms with Crippen LogP contribution in [-0.2, 0) is 34.0 Å². The monoisotopic (exact) mass is 1020 g/mol. The Kier molecular flexibility index (Phi) is 49.7. The molecular formula is C63H107N3O7.